The van der Waals surface area contributed by atoms with Crippen molar-refractivity contribution in [2.75, 3.05) is 19.6 Å². The summed E-state index contributed by atoms with van der Waals surface area (Å²) in [5.74, 6) is 1.14. The average Bonchev–Trinajstić information content (AvgIpc) is 3.32. The molecule has 0 aromatic carbocycles. The van der Waals surface area contributed by atoms with Crippen LogP contribution in [0, 0.1) is 23.2 Å². The molecule has 0 radical (unpaired) electrons. The summed E-state index contributed by atoms with van der Waals surface area (Å²) in [4.78, 5) is 12.6. The molecule has 1 saturated carbocycles. The van der Waals surface area contributed by atoms with Gasteiger partial charge in [-0.05, 0) is 57.0 Å². The van der Waals surface area contributed by atoms with E-state index >= 15 is 0 Å². The molecule has 5 rings (SSSR count). The van der Waals surface area contributed by atoms with E-state index in [0.717, 1.165) is 38.9 Å². The van der Waals surface area contributed by atoms with Gasteiger partial charge in [0.1, 0.15) is 6.17 Å². The zero-order valence-electron chi connectivity index (χ0n) is 16.5. The lowest BCUT2D eigenvalue weighted by Crippen LogP contribution is -2.57. The van der Waals surface area contributed by atoms with Gasteiger partial charge in [0.2, 0.25) is 5.91 Å². The molecule has 0 aromatic rings. The van der Waals surface area contributed by atoms with Crippen molar-refractivity contribution in [3.63, 3.8) is 0 Å². The van der Waals surface area contributed by atoms with Crippen LogP contribution in [-0.4, -0.2) is 61.0 Å². The first-order chi connectivity index (χ1) is 13.0. The molecule has 1 aliphatic carbocycles. The minimum absolute atomic E-state index is 0.0541. The minimum Gasteiger partial charge on any atom is -0.340 e. The van der Waals surface area contributed by atoms with Crippen LogP contribution in [0.15, 0.2) is 0 Å². The second kappa shape index (κ2) is 6.65. The summed E-state index contributed by atoms with van der Waals surface area (Å²) in [6.45, 7) is 7.17. The molecule has 8 atom stereocenters. The van der Waals surface area contributed by atoms with E-state index in [1.54, 1.807) is 0 Å². The number of halogens is 1. The van der Waals surface area contributed by atoms with E-state index in [1.807, 2.05) is 0 Å². The Balaban J connectivity index is 1.44. The lowest BCUT2D eigenvalue weighted by Gasteiger charge is -2.44. The Bertz CT molecular complexity index is 595. The molecular formula is C20H34FN5O. The lowest BCUT2D eigenvalue weighted by molar-refractivity contribution is -0.127. The highest BCUT2D eigenvalue weighted by atomic mass is 19.1. The van der Waals surface area contributed by atoms with Gasteiger partial charge >= 0.3 is 0 Å². The molecule has 4 saturated heterocycles. The van der Waals surface area contributed by atoms with Gasteiger partial charge in [0.25, 0.3) is 0 Å². The topological polar surface area (TPSA) is 68.4 Å². The van der Waals surface area contributed by atoms with E-state index in [1.165, 1.54) is 0 Å². The fourth-order valence-electron chi connectivity index (χ4n) is 6.83. The van der Waals surface area contributed by atoms with E-state index in [9.17, 15) is 9.18 Å². The number of rotatable bonds is 2. The number of hydrazine groups is 1. The standard InChI is InChI=1S/C20H34FN5O/c1-20(2)16-13(6-8-23-18(16)24-19(20)27)17-14-9-11(21)3-4-15(14)26(25-17)12-5-7-22-10-12/h11-18,22-23,25H,3-10H2,1-2H3,(H,24,27)/t11?,12-,13?,14?,15?,16?,17?,18?/m0/s1. The number of amides is 1. The van der Waals surface area contributed by atoms with Crippen molar-refractivity contribution < 1.29 is 9.18 Å². The fourth-order valence-corrected chi connectivity index (χ4v) is 6.83. The first kappa shape index (κ1) is 18.3. The van der Waals surface area contributed by atoms with Crippen LogP contribution in [0.4, 0.5) is 4.39 Å². The number of hydrogen-bond donors (Lipinski definition) is 4. The predicted octanol–water partition coefficient (Wildman–Crippen LogP) is 0.752. The minimum atomic E-state index is -0.675. The van der Waals surface area contributed by atoms with Crippen LogP contribution in [0.5, 0.6) is 0 Å². The molecule has 27 heavy (non-hydrogen) atoms. The zero-order chi connectivity index (χ0) is 18.8. The molecule has 7 unspecified atom stereocenters. The van der Waals surface area contributed by atoms with E-state index < -0.39 is 6.17 Å². The van der Waals surface area contributed by atoms with Crippen LogP contribution >= 0.6 is 0 Å². The third kappa shape index (κ3) is 2.84. The Morgan fingerprint density at radius 1 is 1.11 bits per heavy atom. The van der Waals surface area contributed by atoms with Gasteiger partial charge in [-0.1, -0.05) is 13.8 Å². The van der Waals surface area contributed by atoms with Gasteiger partial charge in [-0.15, -0.1) is 0 Å². The van der Waals surface area contributed by atoms with Crippen LogP contribution in [0.3, 0.4) is 0 Å². The molecule has 4 heterocycles. The first-order valence-corrected chi connectivity index (χ1v) is 10.9. The quantitative estimate of drug-likeness (QED) is 0.570. The van der Waals surface area contributed by atoms with Gasteiger partial charge < -0.3 is 10.6 Å². The second-order valence-electron chi connectivity index (χ2n) is 9.96. The van der Waals surface area contributed by atoms with E-state index in [2.05, 4.69) is 40.2 Å². The van der Waals surface area contributed by atoms with Crippen LogP contribution in [-0.2, 0) is 4.79 Å². The summed E-state index contributed by atoms with van der Waals surface area (Å²) in [7, 11) is 0. The van der Waals surface area contributed by atoms with Crippen molar-refractivity contribution in [3.8, 4) is 0 Å². The summed E-state index contributed by atoms with van der Waals surface area (Å²) in [5, 5.41) is 12.7. The number of nitrogens with one attached hydrogen (secondary N) is 4. The van der Waals surface area contributed by atoms with Crippen molar-refractivity contribution >= 4 is 5.91 Å². The van der Waals surface area contributed by atoms with Crippen molar-refractivity contribution in [1.29, 1.82) is 0 Å². The fraction of sp³-hybridized carbons (Fsp3) is 0.950. The predicted molar refractivity (Wildman–Crippen MR) is 101 cm³/mol. The zero-order valence-corrected chi connectivity index (χ0v) is 16.5. The van der Waals surface area contributed by atoms with Gasteiger partial charge in [0, 0.05) is 36.0 Å². The van der Waals surface area contributed by atoms with Crippen molar-refractivity contribution in [2.24, 2.45) is 23.2 Å². The highest BCUT2D eigenvalue weighted by molar-refractivity contribution is 5.85. The number of piperidine rings is 1. The maximum atomic E-state index is 14.4. The normalized spacial score (nSPS) is 49.7. The average molecular weight is 380 g/mol. The number of carbonyl (C=O) groups is 1. The van der Waals surface area contributed by atoms with Gasteiger partial charge in [-0.25, -0.2) is 9.40 Å². The highest BCUT2D eigenvalue weighted by Gasteiger charge is 2.58. The summed E-state index contributed by atoms with van der Waals surface area (Å²) in [6.07, 6.45) is 3.90. The molecule has 0 aromatic heterocycles. The van der Waals surface area contributed by atoms with Crippen LogP contribution in [0.2, 0.25) is 0 Å². The van der Waals surface area contributed by atoms with Crippen LogP contribution in [0.1, 0.15) is 46.0 Å². The van der Waals surface area contributed by atoms with Gasteiger partial charge in [-0.3, -0.25) is 15.5 Å². The molecule has 5 aliphatic rings. The maximum absolute atomic E-state index is 14.4. The molecule has 1 amide bonds. The first-order valence-electron chi connectivity index (χ1n) is 10.9. The van der Waals surface area contributed by atoms with E-state index in [0.29, 0.717) is 36.8 Å². The molecule has 152 valence electrons. The summed E-state index contributed by atoms with van der Waals surface area (Å²) in [6, 6.07) is 1.22. The second-order valence-corrected chi connectivity index (χ2v) is 9.96. The summed E-state index contributed by atoms with van der Waals surface area (Å²) < 4.78 is 14.4. The number of carbonyl (C=O) groups excluding carboxylic acids is 1. The van der Waals surface area contributed by atoms with Gasteiger partial charge in [0.05, 0.1) is 6.17 Å². The molecular weight excluding hydrogens is 345 g/mol. The monoisotopic (exact) mass is 379 g/mol. The Kier molecular flexibility index (Phi) is 4.50. The largest absolute Gasteiger partial charge is 0.340 e. The number of alkyl halides is 1. The van der Waals surface area contributed by atoms with Crippen LogP contribution < -0.4 is 21.4 Å². The summed E-state index contributed by atoms with van der Waals surface area (Å²) in [5.41, 5.74) is 3.51. The number of fused-ring (bicyclic) bond motifs is 2. The lowest BCUT2D eigenvalue weighted by atomic mass is 9.64. The Morgan fingerprint density at radius 2 is 1.96 bits per heavy atom. The van der Waals surface area contributed by atoms with E-state index in [-0.39, 0.29) is 29.4 Å². The highest BCUT2D eigenvalue weighted by Crippen LogP contribution is 2.49. The van der Waals surface area contributed by atoms with Crippen molar-refractivity contribution in [2.45, 2.75) is 76.4 Å². The van der Waals surface area contributed by atoms with Gasteiger partial charge in [-0.2, -0.15) is 0 Å². The van der Waals surface area contributed by atoms with Crippen molar-refractivity contribution in [3.05, 3.63) is 0 Å². The SMILES string of the molecule is CC1(C)C(=O)NC2NCCC(C3NN([C@H]4CCNC4)C4CCC(F)CC34)C21. The molecule has 7 heteroatoms. The Hall–Kier alpha value is -0.760. The smallest absolute Gasteiger partial charge is 0.227 e. The van der Waals surface area contributed by atoms with E-state index in [4.69, 9.17) is 0 Å². The molecule has 0 spiro atoms. The molecule has 5 fully saturated rings. The molecule has 4 N–H and O–H groups in total. The molecule has 0 bridgehead atoms. The number of hydrogen-bond acceptors (Lipinski definition) is 5. The van der Waals surface area contributed by atoms with Crippen molar-refractivity contribution in [1.82, 2.24) is 26.4 Å². The Labute approximate surface area is 161 Å². The van der Waals surface area contributed by atoms with Gasteiger partial charge in [0.15, 0.2) is 0 Å². The molecule has 4 aliphatic heterocycles. The third-order valence-electron chi connectivity index (χ3n) is 8.17. The van der Waals surface area contributed by atoms with Crippen LogP contribution in [0.25, 0.3) is 0 Å². The maximum Gasteiger partial charge on any atom is 0.227 e. The molecule has 6 nitrogen and oxygen atoms in total. The third-order valence-corrected chi connectivity index (χ3v) is 8.17. The Morgan fingerprint density at radius 3 is 2.74 bits per heavy atom. The number of nitrogens with zero attached hydrogens (tertiary/aromatic N) is 1. The summed E-state index contributed by atoms with van der Waals surface area (Å²) >= 11 is 0.